The van der Waals surface area contributed by atoms with Crippen LogP contribution in [0.4, 0.5) is 5.69 Å². The molecule has 3 rings (SSSR count). The van der Waals surface area contributed by atoms with E-state index in [9.17, 15) is 4.79 Å². The zero-order valence-corrected chi connectivity index (χ0v) is 17.4. The number of carbonyl (C=O) groups excluding carboxylic acids is 1. The molecular weight excluding hydrogens is 428 g/mol. The molecule has 8 heteroatoms. The van der Waals surface area contributed by atoms with E-state index in [1.165, 1.54) is 11.8 Å². The van der Waals surface area contributed by atoms with E-state index in [4.69, 9.17) is 4.74 Å². The van der Waals surface area contributed by atoms with Crippen molar-refractivity contribution in [3.05, 3.63) is 64.4 Å². The minimum atomic E-state index is -0.0822. The maximum Gasteiger partial charge on any atom is 0.234 e. The molecule has 1 heterocycles. The van der Waals surface area contributed by atoms with Crippen molar-refractivity contribution >= 4 is 39.3 Å². The third kappa shape index (κ3) is 5.58. The number of hydrogen-bond acceptors (Lipinski definition) is 5. The molecular formula is C19H19BrN4O2S. The summed E-state index contributed by atoms with van der Waals surface area (Å²) in [5.41, 5.74) is 1.89. The number of anilines is 1. The third-order valence-electron chi connectivity index (χ3n) is 3.74. The first-order chi connectivity index (χ1) is 13.0. The summed E-state index contributed by atoms with van der Waals surface area (Å²) in [5.74, 6) is 1.63. The Kier molecular flexibility index (Phi) is 6.52. The molecule has 0 radical (unpaired) electrons. The Morgan fingerprint density at radius 2 is 2.00 bits per heavy atom. The molecule has 27 heavy (non-hydrogen) atoms. The van der Waals surface area contributed by atoms with Crippen molar-refractivity contribution < 1.29 is 9.53 Å². The Labute approximate surface area is 170 Å². The van der Waals surface area contributed by atoms with Crippen LogP contribution in [0.5, 0.6) is 5.75 Å². The lowest BCUT2D eigenvalue weighted by atomic mass is 10.2. The number of ether oxygens (including phenoxy) is 1. The first-order valence-corrected chi connectivity index (χ1v) is 10.0. The van der Waals surface area contributed by atoms with Crippen LogP contribution in [0.2, 0.25) is 0 Å². The highest BCUT2D eigenvalue weighted by atomic mass is 79.9. The summed E-state index contributed by atoms with van der Waals surface area (Å²) in [6.07, 6.45) is 0. The number of thioether (sulfide) groups is 1. The number of nitrogens with zero attached hydrogens (tertiary/aromatic N) is 3. The lowest BCUT2D eigenvalue weighted by Gasteiger charge is -2.07. The fraction of sp³-hybridized carbons (Fsp3) is 0.211. The van der Waals surface area contributed by atoms with Crippen LogP contribution in [0.25, 0.3) is 0 Å². The summed E-state index contributed by atoms with van der Waals surface area (Å²) in [4.78, 5) is 12.1. The molecule has 0 saturated heterocycles. The first kappa shape index (κ1) is 19.4. The van der Waals surface area contributed by atoms with Crippen LogP contribution in [-0.2, 0) is 18.4 Å². The molecule has 0 saturated carbocycles. The molecule has 0 aliphatic carbocycles. The second-order valence-corrected chi connectivity index (χ2v) is 7.76. The SMILES string of the molecule is Cc1cccc(NC(=O)CSc2nnc(COc3ccc(Br)cc3)n2C)c1. The summed E-state index contributed by atoms with van der Waals surface area (Å²) in [5, 5.41) is 11.8. The number of amides is 1. The number of nitrogens with one attached hydrogen (secondary N) is 1. The van der Waals surface area contributed by atoms with Gasteiger partial charge in [0.25, 0.3) is 0 Å². The number of aromatic nitrogens is 3. The zero-order chi connectivity index (χ0) is 19.2. The second-order valence-electron chi connectivity index (χ2n) is 5.91. The lowest BCUT2D eigenvalue weighted by Crippen LogP contribution is -2.14. The molecule has 0 spiro atoms. The molecule has 3 aromatic rings. The van der Waals surface area contributed by atoms with Gasteiger partial charge in [0.2, 0.25) is 5.91 Å². The molecule has 1 aromatic heterocycles. The maximum absolute atomic E-state index is 12.1. The Balaban J connectivity index is 1.52. The van der Waals surface area contributed by atoms with Gasteiger partial charge in [0.1, 0.15) is 12.4 Å². The Morgan fingerprint density at radius 1 is 1.22 bits per heavy atom. The van der Waals surface area contributed by atoms with Crippen molar-refractivity contribution in [1.82, 2.24) is 14.8 Å². The average Bonchev–Trinajstić information content (AvgIpc) is 2.99. The molecule has 2 aromatic carbocycles. The van der Waals surface area contributed by atoms with E-state index in [-0.39, 0.29) is 11.7 Å². The molecule has 0 aliphatic rings. The van der Waals surface area contributed by atoms with Crippen LogP contribution in [0.15, 0.2) is 58.2 Å². The molecule has 1 amide bonds. The van der Waals surface area contributed by atoms with E-state index >= 15 is 0 Å². The molecule has 6 nitrogen and oxygen atoms in total. The molecule has 0 atom stereocenters. The van der Waals surface area contributed by atoms with Gasteiger partial charge < -0.3 is 14.6 Å². The van der Waals surface area contributed by atoms with Crippen molar-refractivity contribution in [1.29, 1.82) is 0 Å². The standard InChI is InChI=1S/C19H19BrN4O2S/c1-13-4-3-5-15(10-13)21-18(25)12-27-19-23-22-17(24(19)2)11-26-16-8-6-14(20)7-9-16/h3-10H,11-12H2,1-2H3,(H,21,25). The van der Waals surface area contributed by atoms with Gasteiger partial charge in [-0.2, -0.15) is 0 Å². The van der Waals surface area contributed by atoms with E-state index in [0.29, 0.717) is 17.6 Å². The highest BCUT2D eigenvalue weighted by molar-refractivity contribution is 9.10. The van der Waals surface area contributed by atoms with Gasteiger partial charge in [-0.25, -0.2) is 0 Å². The van der Waals surface area contributed by atoms with E-state index in [0.717, 1.165) is 21.5 Å². The fourth-order valence-corrected chi connectivity index (χ4v) is 3.32. The highest BCUT2D eigenvalue weighted by Crippen LogP contribution is 2.19. The van der Waals surface area contributed by atoms with Gasteiger partial charge in [0.15, 0.2) is 11.0 Å². The quantitative estimate of drug-likeness (QED) is 0.550. The van der Waals surface area contributed by atoms with Crippen molar-refractivity contribution in [2.75, 3.05) is 11.1 Å². The van der Waals surface area contributed by atoms with Crippen LogP contribution in [-0.4, -0.2) is 26.4 Å². The van der Waals surface area contributed by atoms with E-state index in [2.05, 4.69) is 31.4 Å². The predicted octanol–water partition coefficient (Wildman–Crippen LogP) is 4.20. The molecule has 0 fully saturated rings. The number of benzene rings is 2. The van der Waals surface area contributed by atoms with Crippen molar-refractivity contribution in [3.8, 4) is 5.75 Å². The first-order valence-electron chi connectivity index (χ1n) is 8.27. The van der Waals surface area contributed by atoms with Gasteiger partial charge in [0.05, 0.1) is 5.75 Å². The van der Waals surface area contributed by atoms with E-state index < -0.39 is 0 Å². The van der Waals surface area contributed by atoms with E-state index in [1.807, 2.05) is 67.1 Å². The van der Waals surface area contributed by atoms with Crippen molar-refractivity contribution in [2.24, 2.45) is 7.05 Å². The number of carbonyl (C=O) groups is 1. The Bertz CT molecular complexity index is 928. The number of halogens is 1. The highest BCUT2D eigenvalue weighted by Gasteiger charge is 2.12. The summed E-state index contributed by atoms with van der Waals surface area (Å²) in [6.45, 7) is 2.29. The van der Waals surface area contributed by atoms with Crippen molar-refractivity contribution in [2.45, 2.75) is 18.7 Å². The van der Waals surface area contributed by atoms with Crippen molar-refractivity contribution in [3.63, 3.8) is 0 Å². The molecule has 0 unspecified atom stereocenters. The largest absolute Gasteiger partial charge is 0.486 e. The summed E-state index contributed by atoms with van der Waals surface area (Å²) < 4.78 is 8.56. The Hall–Kier alpha value is -2.32. The fourth-order valence-electron chi connectivity index (χ4n) is 2.33. The summed E-state index contributed by atoms with van der Waals surface area (Å²) >= 11 is 4.73. The summed E-state index contributed by atoms with van der Waals surface area (Å²) in [7, 11) is 1.86. The van der Waals surface area contributed by atoms with Crippen LogP contribution in [0, 0.1) is 6.92 Å². The summed E-state index contributed by atoms with van der Waals surface area (Å²) in [6, 6.07) is 15.3. The van der Waals surface area contributed by atoms with Crippen LogP contribution in [0.1, 0.15) is 11.4 Å². The van der Waals surface area contributed by atoms with Crippen LogP contribution < -0.4 is 10.1 Å². The third-order valence-corrected chi connectivity index (χ3v) is 5.29. The Morgan fingerprint density at radius 3 is 2.74 bits per heavy atom. The number of hydrogen-bond donors (Lipinski definition) is 1. The smallest absolute Gasteiger partial charge is 0.234 e. The maximum atomic E-state index is 12.1. The normalized spacial score (nSPS) is 10.6. The zero-order valence-electron chi connectivity index (χ0n) is 15.0. The topological polar surface area (TPSA) is 69.0 Å². The van der Waals surface area contributed by atoms with Gasteiger partial charge in [0, 0.05) is 17.2 Å². The molecule has 0 aliphatic heterocycles. The lowest BCUT2D eigenvalue weighted by molar-refractivity contribution is -0.113. The van der Waals surface area contributed by atoms with Gasteiger partial charge in [-0.15, -0.1) is 10.2 Å². The monoisotopic (exact) mass is 446 g/mol. The second kappa shape index (κ2) is 9.05. The minimum absolute atomic E-state index is 0.0822. The molecule has 1 N–H and O–H groups in total. The number of rotatable bonds is 7. The number of aryl methyl sites for hydroxylation is 1. The van der Waals surface area contributed by atoms with Gasteiger partial charge in [-0.1, -0.05) is 39.8 Å². The van der Waals surface area contributed by atoms with Gasteiger partial charge >= 0.3 is 0 Å². The molecule has 140 valence electrons. The molecule has 0 bridgehead atoms. The van der Waals surface area contributed by atoms with E-state index in [1.54, 1.807) is 0 Å². The predicted molar refractivity (Wildman–Crippen MR) is 110 cm³/mol. The minimum Gasteiger partial charge on any atom is -0.486 e. The van der Waals surface area contributed by atoms with Crippen LogP contribution in [0.3, 0.4) is 0 Å². The van der Waals surface area contributed by atoms with Crippen LogP contribution >= 0.6 is 27.7 Å². The van der Waals surface area contributed by atoms with Gasteiger partial charge in [-0.3, -0.25) is 4.79 Å². The average molecular weight is 447 g/mol. The van der Waals surface area contributed by atoms with Gasteiger partial charge in [-0.05, 0) is 48.9 Å².